The minimum atomic E-state index is -0.0629. The molecule has 3 nitrogen and oxygen atoms in total. The Morgan fingerprint density at radius 1 is 0.897 bits per heavy atom. The number of hydrogen-bond acceptors (Lipinski definition) is 3. The van der Waals surface area contributed by atoms with Gasteiger partial charge in [0.1, 0.15) is 5.01 Å². The second-order valence-corrected chi connectivity index (χ2v) is 8.34. The summed E-state index contributed by atoms with van der Waals surface area (Å²) in [5, 5.41) is 0.970. The second kappa shape index (κ2) is 8.58. The summed E-state index contributed by atoms with van der Waals surface area (Å²) in [5.41, 5.74) is 3.31. The summed E-state index contributed by atoms with van der Waals surface area (Å²) >= 11 is 1.66. The smallest absolute Gasteiger partial charge is 0.223 e. The molecule has 0 N–H and O–H groups in total. The molecule has 3 aromatic carbocycles. The first-order valence-electron chi connectivity index (χ1n) is 9.84. The van der Waals surface area contributed by atoms with E-state index in [1.54, 1.807) is 11.3 Å². The van der Waals surface area contributed by atoms with Crippen LogP contribution in [0.4, 0.5) is 0 Å². The minimum Gasteiger partial charge on any atom is -0.337 e. The van der Waals surface area contributed by atoms with Crippen molar-refractivity contribution in [3.8, 4) is 0 Å². The van der Waals surface area contributed by atoms with Gasteiger partial charge in [-0.25, -0.2) is 4.98 Å². The number of nitrogens with zero attached hydrogens (tertiary/aromatic N) is 2. The van der Waals surface area contributed by atoms with Crippen LogP contribution >= 0.6 is 11.3 Å². The van der Waals surface area contributed by atoms with Gasteiger partial charge >= 0.3 is 0 Å². The number of rotatable bonds is 6. The van der Waals surface area contributed by atoms with Crippen LogP contribution in [-0.2, 0) is 4.79 Å². The molecule has 0 saturated carbocycles. The predicted octanol–water partition coefficient (Wildman–Crippen LogP) is 6.04. The van der Waals surface area contributed by atoms with E-state index in [9.17, 15) is 4.79 Å². The molecule has 0 saturated heterocycles. The van der Waals surface area contributed by atoms with E-state index in [1.807, 2.05) is 66.5 Å². The average Bonchev–Trinajstić information content (AvgIpc) is 3.22. The molecule has 1 aromatic heterocycles. The average molecular weight is 401 g/mol. The molecule has 4 heteroatoms. The number of amides is 1. The zero-order valence-electron chi connectivity index (χ0n) is 16.7. The van der Waals surface area contributed by atoms with Gasteiger partial charge in [-0.05, 0) is 30.2 Å². The Labute approximate surface area is 175 Å². The largest absolute Gasteiger partial charge is 0.337 e. The highest BCUT2D eigenvalue weighted by molar-refractivity contribution is 7.18. The Morgan fingerprint density at radius 2 is 1.45 bits per heavy atom. The van der Waals surface area contributed by atoms with Crippen molar-refractivity contribution in [3.63, 3.8) is 0 Å². The lowest BCUT2D eigenvalue weighted by Gasteiger charge is -2.26. The zero-order chi connectivity index (χ0) is 20.2. The summed E-state index contributed by atoms with van der Waals surface area (Å²) in [6, 6.07) is 28.6. The van der Waals surface area contributed by atoms with E-state index in [2.05, 4.69) is 37.3 Å². The summed E-state index contributed by atoms with van der Waals surface area (Å²) in [4.78, 5) is 19.8. The van der Waals surface area contributed by atoms with E-state index < -0.39 is 0 Å². The maximum absolute atomic E-state index is 13.2. The van der Waals surface area contributed by atoms with Crippen LogP contribution in [0.1, 0.15) is 41.4 Å². The number of thiazole rings is 1. The number of fused-ring (bicyclic) bond motifs is 1. The fourth-order valence-corrected chi connectivity index (χ4v) is 4.63. The van der Waals surface area contributed by atoms with Crippen molar-refractivity contribution in [2.75, 3.05) is 7.05 Å². The molecule has 29 heavy (non-hydrogen) atoms. The van der Waals surface area contributed by atoms with E-state index in [0.717, 1.165) is 26.4 Å². The molecule has 4 rings (SSSR count). The van der Waals surface area contributed by atoms with Crippen molar-refractivity contribution in [1.29, 1.82) is 0 Å². The molecule has 1 atom stereocenters. The van der Waals surface area contributed by atoms with E-state index in [0.29, 0.717) is 6.42 Å². The predicted molar refractivity (Wildman–Crippen MR) is 120 cm³/mol. The number of benzene rings is 3. The zero-order valence-corrected chi connectivity index (χ0v) is 17.5. The van der Waals surface area contributed by atoms with Gasteiger partial charge < -0.3 is 4.90 Å². The second-order valence-electron chi connectivity index (χ2n) is 7.28. The summed E-state index contributed by atoms with van der Waals surface area (Å²) in [7, 11) is 1.88. The molecule has 0 spiro atoms. The molecule has 0 fully saturated rings. The number of hydrogen-bond donors (Lipinski definition) is 0. The normalized spacial score (nSPS) is 12.2. The van der Waals surface area contributed by atoms with Crippen molar-refractivity contribution in [2.45, 2.75) is 25.3 Å². The minimum absolute atomic E-state index is 0.0370. The molecule has 0 unspecified atom stereocenters. The molecule has 0 radical (unpaired) electrons. The molecular weight excluding hydrogens is 376 g/mol. The van der Waals surface area contributed by atoms with Gasteiger partial charge in [0.2, 0.25) is 5.91 Å². The molecule has 1 heterocycles. The number of aromatic nitrogens is 1. The Bertz CT molecular complexity index is 1020. The van der Waals surface area contributed by atoms with Crippen molar-refractivity contribution in [3.05, 3.63) is 101 Å². The topological polar surface area (TPSA) is 33.2 Å². The lowest BCUT2D eigenvalue weighted by Crippen LogP contribution is -2.30. The van der Waals surface area contributed by atoms with Gasteiger partial charge in [0.15, 0.2) is 0 Å². The quantitative estimate of drug-likeness (QED) is 0.395. The molecule has 0 aliphatic carbocycles. The van der Waals surface area contributed by atoms with Gasteiger partial charge in [-0.3, -0.25) is 4.79 Å². The Kier molecular flexibility index (Phi) is 5.72. The number of para-hydroxylation sites is 1. The maximum atomic E-state index is 13.2. The van der Waals surface area contributed by atoms with E-state index >= 15 is 0 Å². The molecule has 1 amide bonds. The molecule has 4 aromatic rings. The summed E-state index contributed by atoms with van der Waals surface area (Å²) in [6.07, 6.45) is 0.430. The Hall–Kier alpha value is -2.98. The SMILES string of the molecule is C[C@@H](c1nc2ccccc2s1)N(C)C(=O)CC(c1ccccc1)c1ccccc1. The first-order valence-corrected chi connectivity index (χ1v) is 10.7. The highest BCUT2D eigenvalue weighted by atomic mass is 32.1. The van der Waals surface area contributed by atoms with Crippen LogP contribution in [-0.4, -0.2) is 22.8 Å². The van der Waals surface area contributed by atoms with E-state index in [4.69, 9.17) is 4.98 Å². The third-order valence-electron chi connectivity index (χ3n) is 5.42. The summed E-state index contributed by atoms with van der Waals surface area (Å²) in [6.45, 7) is 2.05. The molecule has 0 aliphatic rings. The molecule has 146 valence electrons. The lowest BCUT2D eigenvalue weighted by molar-refractivity contribution is -0.132. The van der Waals surface area contributed by atoms with Gasteiger partial charge in [0.25, 0.3) is 0 Å². The van der Waals surface area contributed by atoms with Gasteiger partial charge in [0.05, 0.1) is 16.3 Å². The summed E-state index contributed by atoms with van der Waals surface area (Å²) in [5.74, 6) is 0.157. The van der Waals surface area contributed by atoms with E-state index in [1.165, 1.54) is 0 Å². The summed E-state index contributed by atoms with van der Waals surface area (Å²) < 4.78 is 1.15. The third-order valence-corrected chi connectivity index (χ3v) is 6.63. The van der Waals surface area contributed by atoms with Crippen LogP contribution in [0.5, 0.6) is 0 Å². The van der Waals surface area contributed by atoms with Crippen LogP contribution in [0.3, 0.4) is 0 Å². The first kappa shape index (κ1) is 19.3. The van der Waals surface area contributed by atoms with Crippen LogP contribution in [0.15, 0.2) is 84.9 Å². The standard InChI is InChI=1S/C25H24N2OS/c1-18(25-26-22-15-9-10-16-23(22)29-25)27(2)24(28)17-21(19-11-5-3-6-12-19)20-13-7-4-8-14-20/h3-16,18,21H,17H2,1-2H3/t18-/m0/s1. The maximum Gasteiger partial charge on any atom is 0.223 e. The first-order chi connectivity index (χ1) is 14.1. The number of carbonyl (C=O) groups excluding carboxylic acids is 1. The van der Waals surface area contributed by atoms with Crippen LogP contribution < -0.4 is 0 Å². The van der Waals surface area contributed by atoms with Crippen molar-refractivity contribution in [2.24, 2.45) is 0 Å². The van der Waals surface area contributed by atoms with Gasteiger partial charge in [-0.1, -0.05) is 72.8 Å². The highest BCUT2D eigenvalue weighted by Gasteiger charge is 2.25. The van der Waals surface area contributed by atoms with Crippen LogP contribution in [0.25, 0.3) is 10.2 Å². The Balaban J connectivity index is 1.56. The van der Waals surface area contributed by atoms with Crippen LogP contribution in [0, 0.1) is 0 Å². The fraction of sp³-hybridized carbons (Fsp3) is 0.200. The van der Waals surface area contributed by atoms with Gasteiger partial charge in [0, 0.05) is 19.4 Å². The van der Waals surface area contributed by atoms with Crippen molar-refractivity contribution >= 4 is 27.5 Å². The molecular formula is C25H24N2OS. The monoisotopic (exact) mass is 400 g/mol. The lowest BCUT2D eigenvalue weighted by atomic mass is 9.88. The number of carbonyl (C=O) groups is 1. The van der Waals surface area contributed by atoms with Gasteiger partial charge in [-0.2, -0.15) is 0 Å². The molecule has 0 bridgehead atoms. The third kappa shape index (κ3) is 4.22. The molecule has 0 aliphatic heterocycles. The van der Waals surface area contributed by atoms with Crippen molar-refractivity contribution in [1.82, 2.24) is 9.88 Å². The highest BCUT2D eigenvalue weighted by Crippen LogP contribution is 2.32. The van der Waals surface area contributed by atoms with Crippen molar-refractivity contribution < 1.29 is 4.79 Å². The van der Waals surface area contributed by atoms with Gasteiger partial charge in [-0.15, -0.1) is 11.3 Å². The van der Waals surface area contributed by atoms with Crippen LogP contribution in [0.2, 0.25) is 0 Å². The Morgan fingerprint density at radius 3 is 2.03 bits per heavy atom. The van der Waals surface area contributed by atoms with E-state index in [-0.39, 0.29) is 17.9 Å². The fourth-order valence-electron chi connectivity index (χ4n) is 3.57.